The molecule has 1 aliphatic rings. The molecule has 0 aliphatic carbocycles. The van der Waals surface area contributed by atoms with Gasteiger partial charge in [-0.3, -0.25) is 4.79 Å². The van der Waals surface area contributed by atoms with Crippen LogP contribution in [0.25, 0.3) is 10.9 Å². The van der Waals surface area contributed by atoms with Crippen molar-refractivity contribution in [2.75, 3.05) is 19.6 Å². The smallest absolute Gasteiger partial charge is 0.251 e. The number of H-pyrrole nitrogens is 1. The summed E-state index contributed by atoms with van der Waals surface area (Å²) in [4.78, 5) is 18.3. The molecular weight excluding hydrogens is 322 g/mol. The molecule has 3 aromatic rings. The Hall–Kier alpha value is -2.59. The fourth-order valence-corrected chi connectivity index (χ4v) is 3.54. The van der Waals surface area contributed by atoms with Crippen LogP contribution in [0.3, 0.4) is 0 Å². The third-order valence-corrected chi connectivity index (χ3v) is 5.02. The van der Waals surface area contributed by atoms with Gasteiger partial charge in [0.2, 0.25) is 0 Å². The molecule has 0 unspecified atom stereocenters. The highest BCUT2D eigenvalue weighted by atomic mass is 16.1. The lowest BCUT2D eigenvalue weighted by Crippen LogP contribution is -2.45. The third kappa shape index (κ3) is 3.81. The molecule has 2 aromatic carbocycles. The van der Waals surface area contributed by atoms with Gasteiger partial charge < -0.3 is 15.2 Å². The average Bonchev–Trinajstić information content (AvgIpc) is 3.19. The molecular formula is C22H25N3O. The Balaban J connectivity index is 1.33. The number of benzene rings is 2. The summed E-state index contributed by atoms with van der Waals surface area (Å²) >= 11 is 0. The Morgan fingerprint density at radius 2 is 1.96 bits per heavy atom. The lowest BCUT2D eigenvalue weighted by molar-refractivity contribution is 0.0911. The van der Waals surface area contributed by atoms with Crippen LogP contribution >= 0.6 is 0 Å². The van der Waals surface area contributed by atoms with E-state index in [2.05, 4.69) is 33.5 Å². The average molecular weight is 352 g/mol. The number of likely N-dealkylation sites (tertiary alicyclic amines) is 1. The van der Waals surface area contributed by atoms with Crippen LogP contribution in [0, 0.1) is 0 Å². The Bertz CT molecular complexity index is 1090. The van der Waals surface area contributed by atoms with Crippen molar-refractivity contribution < 1.29 is 11.6 Å². The number of nitrogens with one attached hydrogen (secondary N) is 2. The van der Waals surface area contributed by atoms with Gasteiger partial charge in [-0.05, 0) is 43.0 Å². The van der Waals surface area contributed by atoms with E-state index >= 15 is 0 Å². The fourth-order valence-electron chi connectivity index (χ4n) is 3.54. The molecule has 2 N–H and O–H groups in total. The van der Waals surface area contributed by atoms with E-state index in [9.17, 15) is 4.79 Å². The van der Waals surface area contributed by atoms with Gasteiger partial charge in [-0.1, -0.05) is 36.3 Å². The third-order valence-electron chi connectivity index (χ3n) is 5.02. The summed E-state index contributed by atoms with van der Waals surface area (Å²) in [6.45, 7) is 2.62. The molecule has 0 bridgehead atoms. The van der Waals surface area contributed by atoms with Crippen molar-refractivity contribution in [1.82, 2.24) is 15.2 Å². The predicted molar refractivity (Wildman–Crippen MR) is 105 cm³/mol. The molecule has 0 spiro atoms. The molecule has 1 amide bonds. The standard InChI is InChI=1S/C22H25N3O/c26-22(17-6-2-1-3-7-17)24-19-11-14-25(15-12-19)13-10-18-16-23-21-9-5-4-8-20(18)21/h1-9,16,19,23H,10-15H2,(H,24,26)/i1D,2D,3D,6D,7D. The maximum atomic E-state index is 12.7. The van der Waals surface area contributed by atoms with Crippen molar-refractivity contribution >= 4 is 16.8 Å². The van der Waals surface area contributed by atoms with Gasteiger partial charge in [-0.15, -0.1) is 0 Å². The Morgan fingerprint density at radius 1 is 1.19 bits per heavy atom. The number of aromatic nitrogens is 1. The summed E-state index contributed by atoms with van der Waals surface area (Å²) in [5.74, 6) is -0.603. The van der Waals surface area contributed by atoms with Crippen molar-refractivity contribution in [3.05, 3.63) is 71.8 Å². The minimum absolute atomic E-state index is 0.0744. The van der Waals surface area contributed by atoms with Crippen LogP contribution in [-0.2, 0) is 6.42 Å². The van der Waals surface area contributed by atoms with Crippen molar-refractivity contribution in [2.45, 2.75) is 25.3 Å². The minimum Gasteiger partial charge on any atom is -0.361 e. The van der Waals surface area contributed by atoms with Gasteiger partial charge >= 0.3 is 0 Å². The zero-order chi connectivity index (χ0) is 22.1. The van der Waals surface area contributed by atoms with Crippen LogP contribution in [0.2, 0.25) is 0 Å². The van der Waals surface area contributed by atoms with E-state index < -0.39 is 36.1 Å². The largest absolute Gasteiger partial charge is 0.361 e. The lowest BCUT2D eigenvalue weighted by atomic mass is 10.0. The molecule has 1 aromatic heterocycles. The summed E-state index contributed by atoms with van der Waals surface area (Å²) in [5, 5.41) is 4.12. The SMILES string of the molecule is [2H]c1c([2H])c([2H])c(C(=O)NC2CCN(CCc3c[nH]c4ccccc34)CC2)c([2H])c1[2H]. The number of piperidine rings is 1. The molecule has 26 heavy (non-hydrogen) atoms. The highest BCUT2D eigenvalue weighted by molar-refractivity contribution is 5.94. The molecule has 0 radical (unpaired) electrons. The molecule has 2 heterocycles. The zero-order valence-corrected chi connectivity index (χ0v) is 14.6. The van der Waals surface area contributed by atoms with Crippen molar-refractivity contribution in [3.8, 4) is 0 Å². The van der Waals surface area contributed by atoms with E-state index in [1.807, 2.05) is 12.1 Å². The van der Waals surface area contributed by atoms with E-state index in [4.69, 9.17) is 6.85 Å². The van der Waals surface area contributed by atoms with E-state index in [1.54, 1.807) is 0 Å². The first-order chi connectivity index (χ1) is 14.9. The number of nitrogens with zero attached hydrogens (tertiary/aromatic N) is 1. The van der Waals surface area contributed by atoms with Crippen LogP contribution < -0.4 is 5.32 Å². The second-order valence-electron chi connectivity index (χ2n) is 6.70. The summed E-state index contributed by atoms with van der Waals surface area (Å²) < 4.78 is 39.0. The first-order valence-electron chi connectivity index (χ1n) is 11.5. The normalized spacial score (nSPS) is 18.7. The Kier molecular flexibility index (Phi) is 3.55. The number of carbonyl (C=O) groups is 1. The van der Waals surface area contributed by atoms with Gasteiger partial charge in [0.15, 0.2) is 0 Å². The summed E-state index contributed by atoms with van der Waals surface area (Å²) in [5.41, 5.74) is 2.16. The Labute approximate surface area is 161 Å². The highest BCUT2D eigenvalue weighted by Gasteiger charge is 2.21. The molecule has 1 fully saturated rings. The van der Waals surface area contributed by atoms with Crippen LogP contribution in [0.5, 0.6) is 0 Å². The van der Waals surface area contributed by atoms with Gasteiger partial charge in [-0.2, -0.15) is 0 Å². The topological polar surface area (TPSA) is 48.1 Å². The maximum Gasteiger partial charge on any atom is 0.251 e. The summed E-state index contributed by atoms with van der Waals surface area (Å²) in [6.07, 6.45) is 4.54. The van der Waals surface area contributed by atoms with Gasteiger partial charge in [0, 0.05) is 48.3 Å². The first-order valence-corrected chi connectivity index (χ1v) is 9.02. The number of hydrogen-bond acceptors (Lipinski definition) is 2. The molecule has 134 valence electrons. The van der Waals surface area contributed by atoms with E-state index in [-0.39, 0.29) is 11.6 Å². The number of para-hydroxylation sites is 1. The minimum atomic E-state index is -0.603. The number of amides is 1. The van der Waals surface area contributed by atoms with Gasteiger partial charge in [0.05, 0.1) is 6.85 Å². The van der Waals surface area contributed by atoms with Crippen molar-refractivity contribution in [3.63, 3.8) is 0 Å². The van der Waals surface area contributed by atoms with Gasteiger partial charge in [0.1, 0.15) is 0 Å². The molecule has 4 nitrogen and oxygen atoms in total. The predicted octanol–water partition coefficient (Wildman–Crippen LogP) is 3.60. The quantitative estimate of drug-likeness (QED) is 0.737. The number of rotatable bonds is 5. The van der Waals surface area contributed by atoms with Crippen LogP contribution in [0.15, 0.2) is 60.7 Å². The van der Waals surface area contributed by atoms with Crippen LogP contribution in [0.4, 0.5) is 0 Å². The number of carbonyl (C=O) groups excluding carboxylic acids is 1. The monoisotopic (exact) mass is 352 g/mol. The highest BCUT2D eigenvalue weighted by Crippen LogP contribution is 2.19. The molecule has 4 rings (SSSR count). The van der Waals surface area contributed by atoms with Crippen LogP contribution in [-0.4, -0.2) is 41.5 Å². The van der Waals surface area contributed by atoms with Gasteiger partial charge in [0.25, 0.3) is 5.91 Å². The van der Waals surface area contributed by atoms with Gasteiger partial charge in [-0.25, -0.2) is 0 Å². The number of hydrogen-bond donors (Lipinski definition) is 2. The summed E-state index contributed by atoms with van der Waals surface area (Å²) in [6, 6.07) is 5.81. The van der Waals surface area contributed by atoms with E-state index in [0.717, 1.165) is 44.4 Å². The van der Waals surface area contributed by atoms with Crippen molar-refractivity contribution in [2.24, 2.45) is 0 Å². The summed E-state index contributed by atoms with van der Waals surface area (Å²) in [7, 11) is 0. The second kappa shape index (κ2) is 7.75. The molecule has 0 saturated carbocycles. The molecule has 4 heteroatoms. The molecule has 1 saturated heterocycles. The Morgan fingerprint density at radius 3 is 2.77 bits per heavy atom. The number of fused-ring (bicyclic) bond motifs is 1. The maximum absolute atomic E-state index is 12.7. The van der Waals surface area contributed by atoms with E-state index in [1.165, 1.54) is 10.9 Å². The molecule has 1 aliphatic heterocycles. The van der Waals surface area contributed by atoms with Crippen molar-refractivity contribution in [1.29, 1.82) is 0 Å². The lowest BCUT2D eigenvalue weighted by Gasteiger charge is -2.32. The second-order valence-corrected chi connectivity index (χ2v) is 6.70. The molecule has 0 atom stereocenters. The zero-order valence-electron chi connectivity index (χ0n) is 19.6. The van der Waals surface area contributed by atoms with E-state index in [0.29, 0.717) is 0 Å². The van der Waals surface area contributed by atoms with Crippen LogP contribution in [0.1, 0.15) is 35.6 Å². The fraction of sp³-hybridized carbons (Fsp3) is 0.318. The first kappa shape index (κ1) is 11.9. The number of aromatic amines is 1.